The number of benzene rings is 1. The third kappa shape index (κ3) is 7.49. The summed E-state index contributed by atoms with van der Waals surface area (Å²) in [5, 5.41) is 9.78. The minimum absolute atomic E-state index is 0.0126. The van der Waals surface area contributed by atoms with Crippen molar-refractivity contribution >= 4 is 11.6 Å². The molecular formula is C21H30N4O4. The van der Waals surface area contributed by atoms with Crippen LogP contribution in [-0.4, -0.2) is 52.5 Å². The lowest BCUT2D eigenvalue weighted by molar-refractivity contribution is -0.201. The van der Waals surface area contributed by atoms with E-state index in [1.165, 1.54) is 0 Å². The van der Waals surface area contributed by atoms with Gasteiger partial charge in [-0.1, -0.05) is 36.4 Å². The third-order valence-electron chi connectivity index (χ3n) is 4.55. The van der Waals surface area contributed by atoms with Crippen molar-refractivity contribution in [3.63, 3.8) is 0 Å². The molecule has 0 radical (unpaired) electrons. The highest BCUT2D eigenvalue weighted by Crippen LogP contribution is 2.19. The fraction of sp³-hybridized carbons (Fsp3) is 0.524. The molecule has 2 rings (SSSR count). The second-order valence-corrected chi connectivity index (χ2v) is 7.47. The van der Waals surface area contributed by atoms with Gasteiger partial charge in [-0.25, -0.2) is 4.68 Å². The summed E-state index contributed by atoms with van der Waals surface area (Å²) in [4.78, 5) is 29.1. The Kier molecular flexibility index (Phi) is 8.63. The number of hydrogen-bond donors (Lipinski definition) is 0. The van der Waals surface area contributed by atoms with Crippen LogP contribution in [0.4, 0.5) is 0 Å². The Hall–Kier alpha value is -2.42. The zero-order valence-electron chi connectivity index (χ0n) is 17.8. The van der Waals surface area contributed by atoms with Crippen LogP contribution in [0.15, 0.2) is 30.5 Å². The number of Topliss-reactive ketones (excluding diaryl/α,β-unsaturated/α-hetero) is 2. The molecule has 0 N–H and O–H groups in total. The Morgan fingerprint density at radius 1 is 1.14 bits per heavy atom. The van der Waals surface area contributed by atoms with E-state index in [-0.39, 0.29) is 24.3 Å². The number of aromatic nitrogens is 3. The molecule has 0 fully saturated rings. The van der Waals surface area contributed by atoms with Crippen molar-refractivity contribution in [2.45, 2.75) is 52.2 Å². The number of ether oxygens (including phenoxy) is 1. The fourth-order valence-electron chi connectivity index (χ4n) is 2.79. The van der Waals surface area contributed by atoms with Crippen molar-refractivity contribution in [1.29, 1.82) is 0 Å². The maximum atomic E-state index is 12.6. The normalized spacial score (nSPS) is 13.4. The SMILES string of the molecule is CC(=O)C[C@@H](C)c1cn([C@@H](C)C(=O)Cc2ccc(COCON(C)C)cc2)nn1. The molecule has 29 heavy (non-hydrogen) atoms. The van der Waals surface area contributed by atoms with Crippen molar-refractivity contribution < 1.29 is 19.2 Å². The first-order valence-corrected chi connectivity index (χ1v) is 9.66. The minimum atomic E-state index is -0.424. The van der Waals surface area contributed by atoms with Crippen molar-refractivity contribution in [2.75, 3.05) is 20.9 Å². The molecule has 0 spiro atoms. The van der Waals surface area contributed by atoms with Gasteiger partial charge in [0.1, 0.15) is 11.8 Å². The Morgan fingerprint density at radius 2 is 1.79 bits per heavy atom. The van der Waals surface area contributed by atoms with E-state index in [2.05, 4.69) is 10.3 Å². The summed E-state index contributed by atoms with van der Waals surface area (Å²) >= 11 is 0. The van der Waals surface area contributed by atoms with Gasteiger partial charge >= 0.3 is 0 Å². The van der Waals surface area contributed by atoms with Crippen LogP contribution in [0.3, 0.4) is 0 Å². The number of nitrogens with zero attached hydrogens (tertiary/aromatic N) is 4. The second kappa shape index (κ2) is 10.9. The first-order valence-electron chi connectivity index (χ1n) is 9.66. The molecule has 8 heteroatoms. The average Bonchev–Trinajstić information content (AvgIpc) is 3.15. The summed E-state index contributed by atoms with van der Waals surface area (Å²) < 4.78 is 6.99. The predicted octanol–water partition coefficient (Wildman–Crippen LogP) is 2.70. The topological polar surface area (TPSA) is 86.5 Å². The second-order valence-electron chi connectivity index (χ2n) is 7.47. The maximum Gasteiger partial charge on any atom is 0.167 e. The predicted molar refractivity (Wildman–Crippen MR) is 108 cm³/mol. The first kappa shape index (κ1) is 22.9. The van der Waals surface area contributed by atoms with E-state index in [1.807, 2.05) is 38.1 Å². The van der Waals surface area contributed by atoms with E-state index < -0.39 is 6.04 Å². The highest BCUT2D eigenvalue weighted by atomic mass is 16.8. The van der Waals surface area contributed by atoms with Crippen molar-refractivity contribution in [2.24, 2.45) is 0 Å². The Bertz CT molecular complexity index is 801. The molecule has 0 aliphatic heterocycles. The summed E-state index contributed by atoms with van der Waals surface area (Å²) in [5.74, 6) is 0.140. The smallest absolute Gasteiger partial charge is 0.167 e. The van der Waals surface area contributed by atoms with Gasteiger partial charge in [-0.15, -0.1) is 5.10 Å². The molecule has 1 aromatic heterocycles. The monoisotopic (exact) mass is 402 g/mol. The lowest BCUT2D eigenvalue weighted by Gasteiger charge is -2.12. The van der Waals surface area contributed by atoms with Crippen LogP contribution in [0.5, 0.6) is 0 Å². The van der Waals surface area contributed by atoms with Gasteiger partial charge in [-0.05, 0) is 25.0 Å². The molecule has 0 aliphatic carbocycles. The number of rotatable bonds is 12. The molecule has 0 bridgehead atoms. The van der Waals surface area contributed by atoms with Crippen LogP contribution in [0.2, 0.25) is 0 Å². The molecule has 1 heterocycles. The van der Waals surface area contributed by atoms with Crippen LogP contribution in [0.1, 0.15) is 56.0 Å². The highest BCUT2D eigenvalue weighted by Gasteiger charge is 2.19. The fourth-order valence-corrected chi connectivity index (χ4v) is 2.79. The average molecular weight is 402 g/mol. The van der Waals surface area contributed by atoms with Crippen molar-refractivity contribution in [1.82, 2.24) is 20.1 Å². The Morgan fingerprint density at radius 3 is 2.41 bits per heavy atom. The summed E-state index contributed by atoms with van der Waals surface area (Å²) in [7, 11) is 3.59. The number of ketones is 2. The lowest BCUT2D eigenvalue weighted by atomic mass is 10.0. The van der Waals surface area contributed by atoms with Crippen LogP contribution in [-0.2, 0) is 32.2 Å². The largest absolute Gasteiger partial charge is 0.349 e. The van der Waals surface area contributed by atoms with Crippen LogP contribution >= 0.6 is 0 Å². The summed E-state index contributed by atoms with van der Waals surface area (Å²) in [6.07, 6.45) is 2.48. The zero-order valence-corrected chi connectivity index (χ0v) is 17.8. The van der Waals surface area contributed by atoms with Gasteiger partial charge in [0.2, 0.25) is 0 Å². The highest BCUT2D eigenvalue weighted by molar-refractivity contribution is 5.84. The van der Waals surface area contributed by atoms with Gasteiger partial charge in [0.25, 0.3) is 0 Å². The van der Waals surface area contributed by atoms with Gasteiger partial charge < -0.3 is 9.53 Å². The minimum Gasteiger partial charge on any atom is -0.349 e. The van der Waals surface area contributed by atoms with E-state index in [4.69, 9.17) is 9.57 Å². The summed E-state index contributed by atoms with van der Waals surface area (Å²) in [5.41, 5.74) is 2.67. The number of hydroxylamine groups is 2. The van der Waals surface area contributed by atoms with Gasteiger partial charge in [0.15, 0.2) is 12.6 Å². The standard InChI is InChI=1S/C21H30N4O4/c1-15(10-16(2)26)20-12-25(23-22-20)17(3)21(27)11-18-6-8-19(9-7-18)13-28-14-29-24(4)5/h6-9,12,15,17H,10-11,13-14H2,1-5H3/t15-,17+/m1/s1. The number of hydrogen-bond acceptors (Lipinski definition) is 7. The number of carbonyl (C=O) groups excluding carboxylic acids is 2. The third-order valence-corrected chi connectivity index (χ3v) is 4.55. The van der Waals surface area contributed by atoms with E-state index in [9.17, 15) is 9.59 Å². The summed E-state index contributed by atoms with van der Waals surface area (Å²) in [6.45, 7) is 5.93. The molecule has 0 amide bonds. The van der Waals surface area contributed by atoms with Gasteiger partial charge in [0.05, 0.1) is 12.3 Å². The van der Waals surface area contributed by atoms with E-state index >= 15 is 0 Å². The molecule has 0 saturated heterocycles. The molecular weight excluding hydrogens is 372 g/mol. The van der Waals surface area contributed by atoms with E-state index in [0.29, 0.717) is 19.4 Å². The molecule has 0 saturated carbocycles. The first-order chi connectivity index (χ1) is 13.8. The Balaban J connectivity index is 1.87. The van der Waals surface area contributed by atoms with Crippen LogP contribution in [0.25, 0.3) is 0 Å². The van der Waals surface area contributed by atoms with Crippen molar-refractivity contribution in [3.8, 4) is 0 Å². The molecule has 8 nitrogen and oxygen atoms in total. The maximum absolute atomic E-state index is 12.6. The Labute approximate surface area is 171 Å². The van der Waals surface area contributed by atoms with Crippen molar-refractivity contribution in [3.05, 3.63) is 47.3 Å². The van der Waals surface area contributed by atoms with Gasteiger partial charge in [-0.2, -0.15) is 5.06 Å². The molecule has 2 atom stereocenters. The van der Waals surface area contributed by atoms with Crippen LogP contribution < -0.4 is 0 Å². The quantitative estimate of drug-likeness (QED) is 0.306. The van der Waals surface area contributed by atoms with Gasteiger partial charge in [0, 0.05) is 39.1 Å². The lowest BCUT2D eigenvalue weighted by Crippen LogP contribution is -2.19. The zero-order chi connectivity index (χ0) is 21.4. The molecule has 0 unspecified atom stereocenters. The van der Waals surface area contributed by atoms with Gasteiger partial charge in [-0.3, -0.25) is 9.63 Å². The van der Waals surface area contributed by atoms with E-state index in [1.54, 1.807) is 37.0 Å². The summed E-state index contributed by atoms with van der Waals surface area (Å²) in [6, 6.07) is 7.32. The van der Waals surface area contributed by atoms with Crippen LogP contribution in [0, 0.1) is 0 Å². The molecule has 0 aliphatic rings. The van der Waals surface area contributed by atoms with E-state index in [0.717, 1.165) is 16.8 Å². The number of carbonyl (C=O) groups is 2. The molecule has 2 aromatic rings. The molecule has 1 aromatic carbocycles. The molecule has 158 valence electrons.